The Morgan fingerprint density at radius 1 is 1.67 bits per heavy atom. The topological polar surface area (TPSA) is 61.4 Å². The van der Waals surface area contributed by atoms with E-state index in [2.05, 4.69) is 10.6 Å². The molecule has 1 aliphatic heterocycles. The van der Waals surface area contributed by atoms with E-state index in [0.29, 0.717) is 19.0 Å². The number of rotatable bonds is 5. The van der Waals surface area contributed by atoms with Crippen molar-refractivity contribution >= 4 is 29.7 Å². The van der Waals surface area contributed by atoms with Gasteiger partial charge in [-0.25, -0.2) is 0 Å². The molecule has 2 atom stereocenters. The van der Waals surface area contributed by atoms with Gasteiger partial charge in [-0.3, -0.25) is 4.79 Å². The van der Waals surface area contributed by atoms with E-state index in [-0.39, 0.29) is 18.3 Å². The summed E-state index contributed by atoms with van der Waals surface area (Å²) in [6.45, 7) is 1.30. The van der Waals surface area contributed by atoms with Crippen LogP contribution in [0.2, 0.25) is 0 Å². The van der Waals surface area contributed by atoms with Gasteiger partial charge in [0.1, 0.15) is 0 Å². The van der Waals surface area contributed by atoms with E-state index in [4.69, 9.17) is 0 Å². The molecule has 1 aromatic heterocycles. The summed E-state index contributed by atoms with van der Waals surface area (Å²) in [5, 5.41) is 19.7. The fraction of sp³-hybridized carbons (Fsp3) is 0.583. The van der Waals surface area contributed by atoms with Gasteiger partial charge in [-0.1, -0.05) is 0 Å². The Labute approximate surface area is 117 Å². The van der Waals surface area contributed by atoms with E-state index < -0.39 is 6.10 Å². The maximum atomic E-state index is 11.6. The third-order valence-corrected chi connectivity index (χ3v) is 3.72. The lowest BCUT2D eigenvalue weighted by molar-refractivity contribution is -0.122. The first-order valence-corrected chi connectivity index (χ1v) is 6.90. The van der Waals surface area contributed by atoms with Gasteiger partial charge in [0, 0.05) is 19.0 Å². The van der Waals surface area contributed by atoms with Gasteiger partial charge in [0.25, 0.3) is 0 Å². The molecule has 1 aliphatic rings. The molecular weight excluding hydrogens is 272 g/mol. The van der Waals surface area contributed by atoms with Crippen LogP contribution in [0.25, 0.3) is 0 Å². The van der Waals surface area contributed by atoms with Gasteiger partial charge in [0.15, 0.2) is 0 Å². The fourth-order valence-electron chi connectivity index (χ4n) is 2.02. The van der Waals surface area contributed by atoms with Crippen LogP contribution in [0.4, 0.5) is 0 Å². The Hall–Kier alpha value is -0.620. The number of aliphatic hydroxyl groups excluding tert-OH is 1. The summed E-state index contributed by atoms with van der Waals surface area (Å²) >= 11 is 1.55. The predicted octanol–water partition coefficient (Wildman–Crippen LogP) is 1.46. The van der Waals surface area contributed by atoms with Gasteiger partial charge in [0.2, 0.25) is 5.91 Å². The molecule has 0 spiro atoms. The third-order valence-electron chi connectivity index (χ3n) is 3.01. The molecule has 1 amide bonds. The second-order valence-electron chi connectivity index (χ2n) is 4.37. The average Bonchev–Trinajstić information content (AvgIpc) is 2.97. The SMILES string of the molecule is Cl.O=C(CC1CCCN1)NCC(O)c1ccsc1. The highest BCUT2D eigenvalue weighted by molar-refractivity contribution is 7.07. The molecule has 1 aromatic rings. The summed E-state index contributed by atoms with van der Waals surface area (Å²) in [4.78, 5) is 11.6. The minimum atomic E-state index is -0.596. The van der Waals surface area contributed by atoms with Crippen LogP contribution in [0.1, 0.15) is 30.9 Å². The molecule has 1 saturated heterocycles. The highest BCUT2D eigenvalue weighted by Crippen LogP contribution is 2.15. The van der Waals surface area contributed by atoms with E-state index >= 15 is 0 Å². The third kappa shape index (κ3) is 4.57. The first kappa shape index (κ1) is 15.4. The molecule has 6 heteroatoms. The smallest absolute Gasteiger partial charge is 0.221 e. The zero-order valence-corrected chi connectivity index (χ0v) is 11.7. The van der Waals surface area contributed by atoms with Crippen molar-refractivity contribution in [1.82, 2.24) is 10.6 Å². The summed E-state index contributed by atoms with van der Waals surface area (Å²) < 4.78 is 0. The zero-order valence-electron chi connectivity index (χ0n) is 10.1. The van der Waals surface area contributed by atoms with Crippen LogP contribution in [0.5, 0.6) is 0 Å². The summed E-state index contributed by atoms with van der Waals surface area (Å²) in [6.07, 6.45) is 2.13. The van der Waals surface area contributed by atoms with Gasteiger partial charge in [-0.15, -0.1) is 12.4 Å². The van der Waals surface area contributed by atoms with Crippen molar-refractivity contribution in [3.05, 3.63) is 22.4 Å². The summed E-state index contributed by atoms with van der Waals surface area (Å²) in [6, 6.07) is 2.19. The molecule has 0 saturated carbocycles. The van der Waals surface area contributed by atoms with Gasteiger partial charge in [0.05, 0.1) is 6.10 Å². The Balaban J connectivity index is 0.00000162. The van der Waals surface area contributed by atoms with Crippen LogP contribution in [-0.2, 0) is 4.79 Å². The molecule has 2 rings (SSSR count). The Bertz CT molecular complexity index is 353. The number of nitrogens with one attached hydrogen (secondary N) is 2. The highest BCUT2D eigenvalue weighted by Gasteiger charge is 2.18. The molecule has 0 bridgehead atoms. The maximum absolute atomic E-state index is 11.6. The van der Waals surface area contributed by atoms with Crippen molar-refractivity contribution in [3.63, 3.8) is 0 Å². The van der Waals surface area contributed by atoms with Gasteiger partial charge < -0.3 is 15.7 Å². The molecule has 18 heavy (non-hydrogen) atoms. The van der Waals surface area contributed by atoms with Crippen molar-refractivity contribution in [2.24, 2.45) is 0 Å². The van der Waals surface area contributed by atoms with Crippen molar-refractivity contribution < 1.29 is 9.90 Å². The number of thiophene rings is 1. The molecule has 102 valence electrons. The lowest BCUT2D eigenvalue weighted by atomic mass is 10.1. The first-order chi connectivity index (χ1) is 8.25. The van der Waals surface area contributed by atoms with Crippen LogP contribution >= 0.6 is 23.7 Å². The molecule has 0 aromatic carbocycles. The Kier molecular flexibility index (Phi) is 6.63. The van der Waals surface area contributed by atoms with E-state index in [1.165, 1.54) is 0 Å². The van der Waals surface area contributed by atoms with Crippen molar-refractivity contribution in [1.29, 1.82) is 0 Å². The molecule has 4 nitrogen and oxygen atoms in total. The van der Waals surface area contributed by atoms with Gasteiger partial charge in [-0.2, -0.15) is 11.3 Å². The minimum absolute atomic E-state index is 0. The first-order valence-electron chi connectivity index (χ1n) is 5.96. The second-order valence-corrected chi connectivity index (χ2v) is 5.15. The number of aliphatic hydroxyl groups is 1. The quantitative estimate of drug-likeness (QED) is 0.769. The molecule has 2 unspecified atom stereocenters. The number of carbonyl (C=O) groups is 1. The standard InChI is InChI=1S/C12H18N2O2S.ClH/c15-11(9-3-5-17-8-9)7-14-12(16)6-10-2-1-4-13-10;/h3,5,8,10-11,13,15H,1-2,4,6-7H2,(H,14,16);1H. The molecular formula is C12H19ClN2O2S. The molecule has 0 radical (unpaired) electrons. The largest absolute Gasteiger partial charge is 0.387 e. The average molecular weight is 291 g/mol. The van der Waals surface area contributed by atoms with Crippen molar-refractivity contribution in [3.8, 4) is 0 Å². The summed E-state index contributed by atoms with van der Waals surface area (Å²) in [7, 11) is 0. The monoisotopic (exact) mass is 290 g/mol. The Morgan fingerprint density at radius 2 is 2.50 bits per heavy atom. The van der Waals surface area contributed by atoms with E-state index in [1.54, 1.807) is 11.3 Å². The second kappa shape index (κ2) is 7.74. The van der Waals surface area contributed by atoms with Crippen molar-refractivity contribution in [2.45, 2.75) is 31.4 Å². The normalized spacial score (nSPS) is 20.2. The van der Waals surface area contributed by atoms with Crippen LogP contribution in [0.3, 0.4) is 0 Å². The number of amides is 1. The lowest BCUT2D eigenvalue weighted by Crippen LogP contribution is -2.34. The lowest BCUT2D eigenvalue weighted by Gasteiger charge is -2.13. The summed E-state index contributed by atoms with van der Waals surface area (Å²) in [5.41, 5.74) is 0.870. The maximum Gasteiger partial charge on any atom is 0.221 e. The highest BCUT2D eigenvalue weighted by atomic mass is 35.5. The van der Waals surface area contributed by atoms with Crippen LogP contribution in [-0.4, -0.2) is 30.1 Å². The van der Waals surface area contributed by atoms with Gasteiger partial charge in [-0.05, 0) is 41.8 Å². The fourth-order valence-corrected chi connectivity index (χ4v) is 2.73. The molecule has 2 heterocycles. The zero-order chi connectivity index (χ0) is 12.1. The number of hydrogen-bond acceptors (Lipinski definition) is 4. The molecule has 3 N–H and O–H groups in total. The molecule has 1 fully saturated rings. The van der Waals surface area contributed by atoms with E-state index in [0.717, 1.165) is 24.9 Å². The number of hydrogen-bond donors (Lipinski definition) is 3. The number of halogens is 1. The summed E-state index contributed by atoms with van der Waals surface area (Å²) in [5.74, 6) is 0.0127. The van der Waals surface area contributed by atoms with Crippen LogP contribution < -0.4 is 10.6 Å². The number of carbonyl (C=O) groups excluding carboxylic acids is 1. The van der Waals surface area contributed by atoms with Gasteiger partial charge >= 0.3 is 0 Å². The van der Waals surface area contributed by atoms with E-state index in [9.17, 15) is 9.90 Å². The molecule has 0 aliphatic carbocycles. The predicted molar refractivity (Wildman–Crippen MR) is 75.2 cm³/mol. The van der Waals surface area contributed by atoms with Crippen LogP contribution in [0, 0.1) is 0 Å². The minimum Gasteiger partial charge on any atom is -0.387 e. The van der Waals surface area contributed by atoms with Crippen molar-refractivity contribution in [2.75, 3.05) is 13.1 Å². The van der Waals surface area contributed by atoms with E-state index in [1.807, 2.05) is 16.8 Å². The Morgan fingerprint density at radius 3 is 3.11 bits per heavy atom. The van der Waals surface area contributed by atoms with Crippen LogP contribution in [0.15, 0.2) is 16.8 Å².